The van der Waals surface area contributed by atoms with E-state index in [0.29, 0.717) is 5.56 Å². The van der Waals surface area contributed by atoms with Crippen LogP contribution < -0.4 is 0 Å². The third kappa shape index (κ3) is 2.87. The van der Waals surface area contributed by atoms with Crippen LogP contribution in [0, 0.1) is 5.92 Å². The van der Waals surface area contributed by atoms with Crippen molar-refractivity contribution in [3.63, 3.8) is 0 Å². The molecule has 0 bridgehead atoms. The normalized spacial score (nSPS) is 27.3. The van der Waals surface area contributed by atoms with Crippen molar-refractivity contribution in [3.05, 3.63) is 71.8 Å². The summed E-state index contributed by atoms with van der Waals surface area (Å²) in [5.74, 6) is -3.86. The Hall–Kier alpha value is -3.20. The molecule has 168 valence electrons. The van der Waals surface area contributed by atoms with Crippen molar-refractivity contribution in [2.24, 2.45) is 5.92 Å². The van der Waals surface area contributed by atoms with Gasteiger partial charge in [0.25, 0.3) is 0 Å². The fraction of sp³-hybridized carbons (Fsp3) is 0.348. The number of amides is 1. The number of carboxylic acid groups (broad SMARTS) is 1. The number of rotatable bonds is 6. The highest BCUT2D eigenvalue weighted by Crippen LogP contribution is 2.55. The third-order valence-electron chi connectivity index (χ3n) is 6.65. The summed E-state index contributed by atoms with van der Waals surface area (Å²) in [4.78, 5) is 38.9. The highest BCUT2D eigenvalue weighted by molar-refractivity contribution is 7.94. The molecule has 0 unspecified atom stereocenters. The van der Waals surface area contributed by atoms with Gasteiger partial charge in [0, 0.05) is 6.42 Å². The summed E-state index contributed by atoms with van der Waals surface area (Å²) in [7, 11) is -4.10. The second-order valence-corrected chi connectivity index (χ2v) is 11.1. The average molecular weight is 458 g/mol. The second-order valence-electron chi connectivity index (χ2n) is 8.55. The van der Waals surface area contributed by atoms with E-state index < -0.39 is 55.9 Å². The predicted molar refractivity (Wildman–Crippen MR) is 114 cm³/mol. The molecule has 3 atom stereocenters. The van der Waals surface area contributed by atoms with Gasteiger partial charge < -0.3 is 14.7 Å². The van der Waals surface area contributed by atoms with E-state index >= 15 is 0 Å². The van der Waals surface area contributed by atoms with Crippen molar-refractivity contribution in [1.82, 2.24) is 4.90 Å². The van der Waals surface area contributed by atoms with Crippen LogP contribution in [-0.4, -0.2) is 58.5 Å². The van der Waals surface area contributed by atoms with Crippen molar-refractivity contribution in [2.75, 3.05) is 6.61 Å². The molecule has 1 N–H and O–H groups in total. The highest BCUT2D eigenvalue weighted by atomic mass is 32.2. The first-order valence-electron chi connectivity index (χ1n) is 10.1. The summed E-state index contributed by atoms with van der Waals surface area (Å²) < 4.78 is 30.4. The fourth-order valence-corrected chi connectivity index (χ4v) is 7.23. The van der Waals surface area contributed by atoms with Crippen LogP contribution in [0.3, 0.4) is 0 Å². The van der Waals surface area contributed by atoms with Gasteiger partial charge in [0.2, 0.25) is 5.91 Å². The zero-order chi connectivity index (χ0) is 23.3. The van der Waals surface area contributed by atoms with Gasteiger partial charge in [-0.05, 0) is 31.5 Å². The maximum atomic E-state index is 13.5. The van der Waals surface area contributed by atoms with E-state index in [1.165, 1.54) is 13.8 Å². The number of fused-ring (bicyclic) bond motifs is 1. The van der Waals surface area contributed by atoms with Crippen LogP contribution in [0.1, 0.15) is 29.8 Å². The molecule has 2 heterocycles. The molecule has 0 radical (unpaired) electrons. The number of hydrogen-bond donors (Lipinski definition) is 1. The van der Waals surface area contributed by atoms with Crippen LogP contribution >= 0.6 is 0 Å². The number of aliphatic carboxylic acids is 1. The lowest BCUT2D eigenvalue weighted by Gasteiger charge is -2.48. The first kappa shape index (κ1) is 22.0. The number of sulfone groups is 1. The molecule has 2 fully saturated rings. The number of β-lactam (4-membered cyclic amide) rings is 1. The van der Waals surface area contributed by atoms with Gasteiger partial charge in [-0.15, -0.1) is 0 Å². The zero-order valence-electron chi connectivity index (χ0n) is 17.6. The van der Waals surface area contributed by atoms with Crippen molar-refractivity contribution in [2.45, 2.75) is 35.9 Å². The van der Waals surface area contributed by atoms with E-state index in [9.17, 15) is 27.9 Å². The van der Waals surface area contributed by atoms with Gasteiger partial charge in [0.15, 0.2) is 20.8 Å². The lowest BCUT2D eigenvalue weighted by Crippen LogP contribution is -2.72. The second kappa shape index (κ2) is 7.44. The quantitative estimate of drug-likeness (QED) is 0.520. The first-order valence-corrected chi connectivity index (χ1v) is 11.7. The predicted octanol–water partition coefficient (Wildman–Crippen LogP) is 1.90. The summed E-state index contributed by atoms with van der Waals surface area (Å²) in [5.41, 5.74) is -1.10. The van der Waals surface area contributed by atoms with E-state index in [4.69, 9.17) is 4.74 Å². The number of carbonyl (C=O) groups is 3. The summed E-state index contributed by atoms with van der Waals surface area (Å²) in [6.07, 6.45) is -0.159. The van der Waals surface area contributed by atoms with Crippen molar-refractivity contribution < 1.29 is 32.6 Å². The Kier molecular flexibility index (Phi) is 5.12. The maximum absolute atomic E-state index is 13.5. The Labute approximate surface area is 185 Å². The van der Waals surface area contributed by atoms with Crippen LogP contribution in [0.5, 0.6) is 0 Å². The van der Waals surface area contributed by atoms with Crippen molar-refractivity contribution in [3.8, 4) is 0 Å². The molecule has 2 aromatic carbocycles. The smallest absolute Gasteiger partial charge is 0.338 e. The SMILES string of the molecule is CC1(C)[C@](Cc2ccccc2)(C(=O)O)N2C(=O)[C@@H](COC(=O)c3ccccc3)[C@H]2S1(=O)=O. The van der Waals surface area contributed by atoms with E-state index in [1.807, 2.05) is 0 Å². The Morgan fingerprint density at radius 3 is 2.16 bits per heavy atom. The van der Waals surface area contributed by atoms with Crippen LogP contribution in [0.2, 0.25) is 0 Å². The zero-order valence-corrected chi connectivity index (χ0v) is 18.4. The van der Waals surface area contributed by atoms with Gasteiger partial charge in [0.1, 0.15) is 17.3 Å². The molecule has 32 heavy (non-hydrogen) atoms. The molecule has 2 aliphatic rings. The molecule has 8 nitrogen and oxygen atoms in total. The molecule has 0 aliphatic carbocycles. The van der Waals surface area contributed by atoms with Gasteiger partial charge in [0.05, 0.1) is 5.56 Å². The summed E-state index contributed by atoms with van der Waals surface area (Å²) in [6.45, 7) is 2.25. The molecular formula is C23H23NO7S. The number of carbonyl (C=O) groups excluding carboxylic acids is 2. The van der Waals surface area contributed by atoms with E-state index in [0.717, 1.165) is 4.90 Å². The standard InChI is InChI=1S/C23H23NO7S/c1-22(2)23(21(27)28,13-15-9-5-3-6-10-15)24-18(25)17(19(24)32(22,29)30)14-31-20(26)16-11-7-4-8-12-16/h3-12,17,19H,13-14H2,1-2H3,(H,27,28)/t17-,19-,23+/m1/s1. The van der Waals surface area contributed by atoms with Crippen LogP contribution in [0.15, 0.2) is 60.7 Å². The van der Waals surface area contributed by atoms with Crippen LogP contribution in [-0.2, 0) is 30.6 Å². The first-order chi connectivity index (χ1) is 15.1. The van der Waals surface area contributed by atoms with Gasteiger partial charge in [-0.1, -0.05) is 48.5 Å². The van der Waals surface area contributed by atoms with E-state index in [-0.39, 0.29) is 12.0 Å². The Balaban J connectivity index is 1.67. The Morgan fingerprint density at radius 2 is 1.59 bits per heavy atom. The summed E-state index contributed by atoms with van der Waals surface area (Å²) >= 11 is 0. The monoisotopic (exact) mass is 457 g/mol. The molecular weight excluding hydrogens is 434 g/mol. The number of carboxylic acids is 1. The molecule has 0 spiro atoms. The molecule has 2 aliphatic heterocycles. The number of ether oxygens (including phenoxy) is 1. The minimum atomic E-state index is -4.10. The average Bonchev–Trinajstić information content (AvgIpc) is 2.88. The van der Waals surface area contributed by atoms with Crippen molar-refractivity contribution in [1.29, 1.82) is 0 Å². The van der Waals surface area contributed by atoms with Gasteiger partial charge in [-0.3, -0.25) is 4.79 Å². The number of hydrogen-bond acceptors (Lipinski definition) is 6. The van der Waals surface area contributed by atoms with Gasteiger partial charge in [-0.2, -0.15) is 0 Å². The van der Waals surface area contributed by atoms with Crippen LogP contribution in [0.4, 0.5) is 0 Å². The van der Waals surface area contributed by atoms with Gasteiger partial charge >= 0.3 is 11.9 Å². The van der Waals surface area contributed by atoms with E-state index in [1.54, 1.807) is 60.7 Å². The molecule has 9 heteroatoms. The lowest BCUT2D eigenvalue weighted by atomic mass is 9.75. The van der Waals surface area contributed by atoms with E-state index in [2.05, 4.69) is 0 Å². The number of esters is 1. The van der Waals surface area contributed by atoms with Crippen LogP contribution in [0.25, 0.3) is 0 Å². The van der Waals surface area contributed by atoms with Crippen molar-refractivity contribution >= 4 is 27.7 Å². The molecule has 1 amide bonds. The van der Waals surface area contributed by atoms with Gasteiger partial charge in [-0.25, -0.2) is 18.0 Å². The summed E-state index contributed by atoms with van der Waals surface area (Å²) in [6, 6.07) is 16.7. The maximum Gasteiger partial charge on any atom is 0.338 e. The highest BCUT2D eigenvalue weighted by Gasteiger charge is 2.79. The topological polar surface area (TPSA) is 118 Å². The molecule has 4 rings (SSSR count). The Morgan fingerprint density at radius 1 is 1.03 bits per heavy atom. The largest absolute Gasteiger partial charge is 0.479 e. The lowest BCUT2D eigenvalue weighted by molar-refractivity contribution is -0.176. The number of benzene rings is 2. The molecule has 0 saturated carbocycles. The Bertz CT molecular complexity index is 1180. The fourth-order valence-electron chi connectivity index (χ4n) is 4.71. The minimum Gasteiger partial charge on any atom is -0.479 e. The number of nitrogens with zero attached hydrogens (tertiary/aromatic N) is 1. The molecule has 0 aromatic heterocycles. The summed E-state index contributed by atoms with van der Waals surface area (Å²) in [5, 5.41) is 8.87. The molecule has 2 aromatic rings. The molecule has 2 saturated heterocycles. The third-order valence-corrected chi connectivity index (χ3v) is 9.59. The minimum absolute atomic E-state index is 0.159.